The van der Waals surface area contributed by atoms with Gasteiger partial charge in [-0.1, -0.05) is 106 Å². The Hall–Kier alpha value is -10.3. The quantitative estimate of drug-likeness (QED) is 0.0795. The molecule has 11 rings (SSSR count). The maximum Gasteiger partial charge on any atom is 0.416 e. The number of nitriles is 1. The molecule has 0 fully saturated rings. The van der Waals surface area contributed by atoms with Gasteiger partial charge in [-0.25, -0.2) is 49.8 Å². The first-order chi connectivity index (χ1) is 42.9. The van der Waals surface area contributed by atoms with Crippen LogP contribution in [0.25, 0.3) is 56.3 Å². The lowest BCUT2D eigenvalue weighted by Gasteiger charge is -2.09. The molecule has 0 atom stereocenters. The Morgan fingerprint density at radius 2 is 0.789 bits per heavy atom. The molecule has 5 aromatic carbocycles. The van der Waals surface area contributed by atoms with Crippen LogP contribution in [0.5, 0.6) is 11.5 Å². The van der Waals surface area contributed by atoms with E-state index in [1.807, 2.05) is 95.3 Å². The number of rotatable bonds is 10. The molecule has 0 unspecified atom stereocenters. The second-order valence-electron chi connectivity index (χ2n) is 19.3. The van der Waals surface area contributed by atoms with Gasteiger partial charge in [0.05, 0.1) is 61.3 Å². The minimum atomic E-state index is -4.37. The minimum absolute atomic E-state index is 0.0618. The molecule has 5 aromatic heterocycles. The second kappa shape index (κ2) is 30.6. The Morgan fingerprint density at radius 3 is 1.23 bits per heavy atom. The van der Waals surface area contributed by atoms with Crippen LogP contribution in [0.3, 0.4) is 0 Å². The summed E-state index contributed by atoms with van der Waals surface area (Å²) in [7, 11) is 0. The zero-order valence-electron chi connectivity index (χ0n) is 49.2. The molecule has 0 saturated carbocycles. The molecule has 18 nitrogen and oxygen atoms in total. The zero-order chi connectivity index (χ0) is 65.3. The van der Waals surface area contributed by atoms with Crippen molar-refractivity contribution in [2.75, 3.05) is 35.5 Å². The van der Waals surface area contributed by atoms with E-state index in [0.29, 0.717) is 68.3 Å². The molecule has 0 spiro atoms. The van der Waals surface area contributed by atoms with Crippen LogP contribution in [-0.2, 0) is 44.5 Å². The van der Waals surface area contributed by atoms with Crippen molar-refractivity contribution < 1.29 is 35.8 Å². The van der Waals surface area contributed by atoms with Gasteiger partial charge in [0.15, 0.2) is 11.5 Å². The molecular weight excluding hydrogens is 1210 g/mol. The number of anilines is 5. The van der Waals surface area contributed by atoms with Gasteiger partial charge in [-0.05, 0) is 123 Å². The number of nitrogen functional groups attached to an aromatic ring is 5. The number of aromatic nitrogens is 10. The van der Waals surface area contributed by atoms with E-state index in [1.54, 1.807) is 36.4 Å². The number of nitrogens with two attached hydrogens (primary N) is 5. The second-order valence-corrected chi connectivity index (χ2v) is 20.1. The molecule has 0 aliphatic carbocycles. The van der Waals surface area contributed by atoms with Gasteiger partial charge in [0.2, 0.25) is 36.5 Å². The third kappa shape index (κ3) is 18.6. The van der Waals surface area contributed by atoms with Crippen LogP contribution in [0.4, 0.5) is 56.1 Å². The van der Waals surface area contributed by atoms with Crippen LogP contribution >= 0.6 is 23.2 Å². The van der Waals surface area contributed by atoms with Crippen LogP contribution in [0.2, 0.25) is 10.0 Å². The minimum Gasteiger partial charge on any atom is -0.454 e. The smallest absolute Gasteiger partial charge is 0.416 e. The molecule has 0 saturated heterocycles. The number of halogens is 8. The fourth-order valence-corrected chi connectivity index (χ4v) is 8.81. The molecule has 6 heterocycles. The van der Waals surface area contributed by atoms with Crippen LogP contribution in [0.15, 0.2) is 140 Å². The number of ether oxygens (including phenoxy) is 2. The van der Waals surface area contributed by atoms with Crippen LogP contribution in [0.1, 0.15) is 79.8 Å². The molecule has 0 amide bonds. The van der Waals surface area contributed by atoms with Crippen molar-refractivity contribution in [3.63, 3.8) is 0 Å². The Bertz CT molecular complexity index is 4150. The number of benzene rings is 5. The predicted molar refractivity (Wildman–Crippen MR) is 337 cm³/mol. The molecule has 10 aromatic rings. The Morgan fingerprint density at radius 1 is 0.411 bits per heavy atom. The van der Waals surface area contributed by atoms with Crippen LogP contribution in [0, 0.1) is 11.3 Å². The molecule has 10 N–H and O–H groups in total. The van der Waals surface area contributed by atoms with E-state index in [1.165, 1.54) is 18.2 Å². The maximum atomic E-state index is 12.7. The number of alkyl halides is 6. The molecular formula is C64H60Cl2F6N16O2. The van der Waals surface area contributed by atoms with Gasteiger partial charge in [-0.15, -0.1) is 0 Å². The monoisotopic (exact) mass is 1270 g/mol. The maximum absolute atomic E-state index is 12.7. The van der Waals surface area contributed by atoms with Crippen LogP contribution in [-0.4, -0.2) is 56.6 Å². The average molecular weight is 1270 g/mol. The lowest BCUT2D eigenvalue weighted by molar-refractivity contribution is -0.138. The van der Waals surface area contributed by atoms with Crippen molar-refractivity contribution in [2.24, 2.45) is 0 Å². The first-order valence-electron chi connectivity index (χ1n) is 27.8. The van der Waals surface area contributed by atoms with E-state index >= 15 is 0 Å². The summed E-state index contributed by atoms with van der Waals surface area (Å²) in [5.41, 5.74) is 38.2. The molecule has 26 heteroatoms. The Labute approximate surface area is 524 Å². The summed E-state index contributed by atoms with van der Waals surface area (Å²) in [5, 5.41) is 9.84. The number of aryl methyl sites for hydroxylation is 5. The summed E-state index contributed by atoms with van der Waals surface area (Å²) in [6.45, 7) is 10.1. The summed E-state index contributed by atoms with van der Waals surface area (Å²) in [6.07, 6.45) is -4.97. The number of fused-ring (bicyclic) bond motifs is 1. The van der Waals surface area contributed by atoms with Crippen molar-refractivity contribution in [2.45, 2.75) is 79.1 Å². The Kier molecular flexibility index (Phi) is 22.9. The largest absolute Gasteiger partial charge is 0.454 e. The SMILES string of the molecule is CCc1cc(-c2ccc(C(F)(F)F)cc2)nc(N)n1.CCc1cc(-c2ccc3c(c2)OCO3)nc(N)n1.CCc1cc(-c2cccc(C#N)c2)nc(N)n1.CCc1cc(-c2cccc(C(F)(F)F)c2)nc(N)n1.CCc1cc(-c2cccc(Cl)c2Cl)nc(N)n1. The lowest BCUT2D eigenvalue weighted by atomic mass is 10.1. The normalized spacial score (nSPS) is 11.3. The van der Waals surface area contributed by atoms with E-state index < -0.39 is 23.5 Å². The number of hydrogen-bond donors (Lipinski definition) is 5. The van der Waals surface area contributed by atoms with E-state index in [2.05, 4.69) is 55.9 Å². The topological polar surface area (TPSA) is 301 Å². The van der Waals surface area contributed by atoms with Crippen molar-refractivity contribution in [3.8, 4) is 73.9 Å². The van der Waals surface area contributed by atoms with E-state index in [-0.39, 0.29) is 30.6 Å². The van der Waals surface area contributed by atoms with Gasteiger partial charge in [0.25, 0.3) is 0 Å². The van der Waals surface area contributed by atoms with Crippen LogP contribution < -0.4 is 38.1 Å². The predicted octanol–water partition coefficient (Wildman–Crippen LogP) is 14.4. The first kappa shape index (κ1) is 67.3. The summed E-state index contributed by atoms with van der Waals surface area (Å²) < 4.78 is 86.0. The van der Waals surface area contributed by atoms with Gasteiger partial charge >= 0.3 is 12.4 Å². The highest BCUT2D eigenvalue weighted by Crippen LogP contribution is 2.37. The molecule has 1 aliphatic rings. The van der Waals surface area contributed by atoms with Gasteiger partial charge < -0.3 is 38.1 Å². The van der Waals surface area contributed by atoms with E-state index in [4.69, 9.17) is 66.6 Å². The highest BCUT2D eigenvalue weighted by Gasteiger charge is 2.31. The fourth-order valence-electron chi connectivity index (χ4n) is 8.42. The summed E-state index contributed by atoms with van der Waals surface area (Å²) in [6, 6.07) is 39.4. The molecule has 1 aliphatic heterocycles. The van der Waals surface area contributed by atoms with E-state index in [9.17, 15) is 26.3 Å². The zero-order valence-corrected chi connectivity index (χ0v) is 50.7. The average Bonchev–Trinajstić information content (AvgIpc) is 2.16. The van der Waals surface area contributed by atoms with Gasteiger partial charge in [-0.3, -0.25) is 0 Å². The van der Waals surface area contributed by atoms with Crippen molar-refractivity contribution >= 4 is 52.9 Å². The van der Waals surface area contributed by atoms with Crippen molar-refractivity contribution in [1.82, 2.24) is 49.8 Å². The van der Waals surface area contributed by atoms with Gasteiger partial charge in [-0.2, -0.15) is 31.6 Å². The fraction of sp³-hybridized carbons (Fsp3) is 0.203. The van der Waals surface area contributed by atoms with Crippen molar-refractivity contribution in [1.29, 1.82) is 5.26 Å². The third-order valence-corrected chi connectivity index (χ3v) is 13.8. The highest BCUT2D eigenvalue weighted by molar-refractivity contribution is 6.43. The summed E-state index contributed by atoms with van der Waals surface area (Å²) in [4.78, 5) is 41.0. The van der Waals surface area contributed by atoms with Gasteiger partial charge in [0.1, 0.15) is 0 Å². The van der Waals surface area contributed by atoms with E-state index in [0.717, 1.165) is 106 Å². The third-order valence-electron chi connectivity index (χ3n) is 13.0. The highest BCUT2D eigenvalue weighted by atomic mass is 35.5. The lowest BCUT2D eigenvalue weighted by Crippen LogP contribution is -2.05. The standard InChI is InChI=1S/2C13H12F3N3.C13H12N4.C13H13N3O2.C12H11Cl2N3/c1-2-10-7-11(19-12(17)18-10)8-3-5-9(6-4-8)13(14,15)16;1-2-10-7-11(19-12(17)18-10)8-4-3-5-9(6-8)13(14,15)16;1-2-11-7-12(17-13(15)16-11)10-5-3-4-9(6-10)8-14;1-2-9-6-10(16-13(14)15-9)8-3-4-11-12(5-8)18-7-17-11;1-2-7-6-10(17-12(15)16-7)8-4-3-5-9(13)11(8)14/h2*3-7H,2H2,1H3,(H2,17,18,19);3-7H,2H2,1H3,(H2,15,16,17);3-6H,2,7H2,1H3,(H2,14,15,16);3-6H,2H2,1H3,(H2,15,16,17). The first-order valence-corrected chi connectivity index (χ1v) is 28.5. The number of hydrogen-bond acceptors (Lipinski definition) is 18. The summed E-state index contributed by atoms with van der Waals surface area (Å²) >= 11 is 12.1. The molecule has 0 radical (unpaired) electrons. The van der Waals surface area contributed by atoms with Crippen molar-refractivity contribution in [3.05, 3.63) is 195 Å². The summed E-state index contributed by atoms with van der Waals surface area (Å²) in [5.74, 6) is 2.49. The Balaban J connectivity index is 0.000000160. The molecule has 90 heavy (non-hydrogen) atoms. The molecule has 0 bridgehead atoms. The molecule has 464 valence electrons. The number of nitrogens with zero attached hydrogens (tertiary/aromatic N) is 11. The van der Waals surface area contributed by atoms with Gasteiger partial charge in [0, 0.05) is 56.3 Å².